The molecule has 0 bridgehead atoms. The minimum absolute atomic E-state index is 0.967. The van der Waals surface area contributed by atoms with Gasteiger partial charge in [0.05, 0.1) is 5.69 Å². The monoisotopic (exact) mass is 398 g/mol. The summed E-state index contributed by atoms with van der Waals surface area (Å²) in [7, 11) is 2.21. The molecule has 2 saturated heterocycles. The van der Waals surface area contributed by atoms with E-state index < -0.39 is 0 Å². The van der Waals surface area contributed by atoms with E-state index >= 15 is 0 Å². The summed E-state index contributed by atoms with van der Waals surface area (Å²) in [6.45, 7) is 9.63. The van der Waals surface area contributed by atoms with Crippen LogP contribution in [0.4, 0.5) is 11.8 Å². The van der Waals surface area contributed by atoms with Gasteiger partial charge in [-0.3, -0.25) is 4.90 Å². The molecule has 0 amide bonds. The van der Waals surface area contributed by atoms with Crippen molar-refractivity contribution < 1.29 is 0 Å². The van der Waals surface area contributed by atoms with Crippen molar-refractivity contribution in [3.63, 3.8) is 0 Å². The second-order valence-electron chi connectivity index (χ2n) is 8.30. The Morgan fingerprint density at radius 2 is 1.79 bits per heavy atom. The molecule has 28 heavy (non-hydrogen) atoms. The van der Waals surface area contributed by atoms with Gasteiger partial charge in [0.2, 0.25) is 5.95 Å². The second kappa shape index (κ2) is 7.97. The number of aromatic nitrogens is 2. The van der Waals surface area contributed by atoms with Crippen LogP contribution in [0.3, 0.4) is 0 Å². The number of hydrogen-bond acceptors (Lipinski definition) is 7. The number of likely N-dealkylation sites (N-methyl/N-ethyl adjacent to an activating group) is 1. The van der Waals surface area contributed by atoms with Crippen molar-refractivity contribution >= 4 is 23.1 Å². The fraction of sp³-hybridized carbons (Fsp3) is 0.619. The third kappa shape index (κ3) is 3.75. The molecule has 3 aliphatic rings. The number of hydrogen-bond donors (Lipinski definition) is 0. The molecular formula is C21H30N6S. The van der Waals surface area contributed by atoms with E-state index in [2.05, 4.69) is 44.2 Å². The van der Waals surface area contributed by atoms with Gasteiger partial charge >= 0.3 is 0 Å². The Hall–Kier alpha value is -1.70. The molecule has 5 heterocycles. The molecule has 0 N–H and O–H groups in total. The maximum absolute atomic E-state index is 5.15. The lowest BCUT2D eigenvalue weighted by Crippen LogP contribution is -2.46. The molecular weight excluding hydrogens is 368 g/mol. The van der Waals surface area contributed by atoms with Crippen molar-refractivity contribution in [2.45, 2.75) is 32.4 Å². The van der Waals surface area contributed by atoms with E-state index in [1.807, 2.05) is 11.3 Å². The summed E-state index contributed by atoms with van der Waals surface area (Å²) in [6.07, 6.45) is 3.56. The average Bonchev–Trinajstić information content (AvgIpc) is 3.42. The third-order valence-electron chi connectivity index (χ3n) is 6.26. The van der Waals surface area contributed by atoms with Gasteiger partial charge in [0.15, 0.2) is 0 Å². The van der Waals surface area contributed by atoms with Gasteiger partial charge in [-0.15, -0.1) is 11.3 Å². The van der Waals surface area contributed by atoms with Gasteiger partial charge in [-0.1, -0.05) is 6.07 Å². The van der Waals surface area contributed by atoms with Gasteiger partial charge < -0.3 is 14.7 Å². The number of piperazine rings is 1. The second-order valence-corrected chi connectivity index (χ2v) is 9.33. The molecule has 3 aliphatic heterocycles. The minimum atomic E-state index is 0.967. The fourth-order valence-electron chi connectivity index (χ4n) is 4.54. The molecule has 7 heteroatoms. The highest BCUT2D eigenvalue weighted by atomic mass is 32.1. The van der Waals surface area contributed by atoms with E-state index in [0.29, 0.717) is 0 Å². The van der Waals surface area contributed by atoms with Gasteiger partial charge in [0, 0.05) is 75.8 Å². The smallest absolute Gasteiger partial charge is 0.227 e. The Labute approximate surface area is 171 Å². The first-order chi connectivity index (χ1) is 13.8. The summed E-state index contributed by atoms with van der Waals surface area (Å²) < 4.78 is 0. The summed E-state index contributed by atoms with van der Waals surface area (Å²) in [5, 5.41) is 2.17. The summed E-state index contributed by atoms with van der Waals surface area (Å²) in [5.41, 5.74) is 2.66. The zero-order valence-electron chi connectivity index (χ0n) is 16.8. The van der Waals surface area contributed by atoms with Crippen LogP contribution in [-0.4, -0.2) is 72.6 Å². The van der Waals surface area contributed by atoms with E-state index in [1.165, 1.54) is 34.8 Å². The SMILES string of the molecule is CN1CCN(c2nc(N3CCCC3)nc3c2CN(Cc2cccs2)CC3)CC1. The molecule has 0 atom stereocenters. The maximum Gasteiger partial charge on any atom is 0.227 e. The Morgan fingerprint density at radius 3 is 2.54 bits per heavy atom. The number of rotatable bonds is 4. The van der Waals surface area contributed by atoms with Crippen molar-refractivity contribution in [1.29, 1.82) is 0 Å². The minimum Gasteiger partial charge on any atom is -0.354 e. The van der Waals surface area contributed by atoms with Crippen molar-refractivity contribution in [2.75, 3.05) is 62.7 Å². The highest BCUT2D eigenvalue weighted by Gasteiger charge is 2.28. The molecule has 5 rings (SSSR count). The van der Waals surface area contributed by atoms with Crippen LogP contribution in [0.2, 0.25) is 0 Å². The average molecular weight is 399 g/mol. The van der Waals surface area contributed by atoms with Gasteiger partial charge in [-0.2, -0.15) is 4.98 Å². The molecule has 0 unspecified atom stereocenters. The topological polar surface area (TPSA) is 38.7 Å². The standard InChI is InChI=1S/C21H30N6S/c1-24-10-12-26(13-11-24)20-18-16-25(15-17-5-4-14-28-17)9-6-19(18)22-21(23-20)27-7-2-3-8-27/h4-5,14H,2-3,6-13,15-16H2,1H3. The summed E-state index contributed by atoms with van der Waals surface area (Å²) >= 11 is 1.85. The quantitative estimate of drug-likeness (QED) is 0.788. The van der Waals surface area contributed by atoms with Crippen LogP contribution in [0.5, 0.6) is 0 Å². The van der Waals surface area contributed by atoms with Gasteiger partial charge in [0.25, 0.3) is 0 Å². The predicted molar refractivity (Wildman–Crippen MR) is 115 cm³/mol. The van der Waals surface area contributed by atoms with Crippen LogP contribution in [-0.2, 0) is 19.5 Å². The Balaban J connectivity index is 1.45. The van der Waals surface area contributed by atoms with Crippen molar-refractivity contribution in [3.8, 4) is 0 Å². The van der Waals surface area contributed by atoms with E-state index in [1.54, 1.807) is 0 Å². The summed E-state index contributed by atoms with van der Waals surface area (Å²) in [6, 6.07) is 4.40. The van der Waals surface area contributed by atoms with Gasteiger partial charge in [-0.05, 0) is 31.3 Å². The molecule has 0 saturated carbocycles. The number of nitrogens with zero attached hydrogens (tertiary/aromatic N) is 6. The van der Waals surface area contributed by atoms with Crippen LogP contribution in [0, 0.1) is 0 Å². The number of anilines is 2. The van der Waals surface area contributed by atoms with E-state index in [-0.39, 0.29) is 0 Å². The lowest BCUT2D eigenvalue weighted by molar-refractivity contribution is 0.244. The zero-order chi connectivity index (χ0) is 18.9. The van der Waals surface area contributed by atoms with Crippen molar-refractivity contribution in [3.05, 3.63) is 33.6 Å². The number of thiophene rings is 1. The number of fused-ring (bicyclic) bond motifs is 1. The first-order valence-corrected chi connectivity index (χ1v) is 11.5. The van der Waals surface area contributed by atoms with Crippen LogP contribution < -0.4 is 9.80 Å². The molecule has 0 radical (unpaired) electrons. The van der Waals surface area contributed by atoms with Gasteiger partial charge in [-0.25, -0.2) is 4.98 Å². The summed E-state index contributed by atoms with van der Waals surface area (Å²) in [5.74, 6) is 2.17. The van der Waals surface area contributed by atoms with Crippen LogP contribution in [0.1, 0.15) is 29.0 Å². The van der Waals surface area contributed by atoms with E-state index in [0.717, 1.165) is 71.3 Å². The molecule has 0 spiro atoms. The van der Waals surface area contributed by atoms with E-state index in [9.17, 15) is 0 Å². The normalized spacial score (nSPS) is 21.3. The third-order valence-corrected chi connectivity index (χ3v) is 7.12. The molecule has 6 nitrogen and oxygen atoms in total. The van der Waals surface area contributed by atoms with Crippen LogP contribution in [0.15, 0.2) is 17.5 Å². The molecule has 0 aromatic carbocycles. The molecule has 2 aromatic rings. The zero-order valence-corrected chi connectivity index (χ0v) is 17.6. The maximum atomic E-state index is 5.15. The largest absolute Gasteiger partial charge is 0.354 e. The Morgan fingerprint density at radius 1 is 0.964 bits per heavy atom. The van der Waals surface area contributed by atoms with Crippen molar-refractivity contribution in [1.82, 2.24) is 19.8 Å². The van der Waals surface area contributed by atoms with Crippen LogP contribution in [0.25, 0.3) is 0 Å². The molecule has 150 valence electrons. The molecule has 2 fully saturated rings. The first-order valence-electron chi connectivity index (χ1n) is 10.6. The first kappa shape index (κ1) is 18.3. The predicted octanol–water partition coefficient (Wildman–Crippen LogP) is 2.45. The molecule has 2 aromatic heterocycles. The highest BCUT2D eigenvalue weighted by molar-refractivity contribution is 7.09. The van der Waals surface area contributed by atoms with E-state index in [4.69, 9.17) is 9.97 Å². The Kier molecular flexibility index (Phi) is 5.22. The summed E-state index contributed by atoms with van der Waals surface area (Å²) in [4.78, 5) is 21.5. The highest BCUT2D eigenvalue weighted by Crippen LogP contribution is 2.31. The fourth-order valence-corrected chi connectivity index (χ4v) is 5.28. The van der Waals surface area contributed by atoms with Crippen molar-refractivity contribution in [2.24, 2.45) is 0 Å². The van der Waals surface area contributed by atoms with Crippen LogP contribution >= 0.6 is 11.3 Å². The lowest BCUT2D eigenvalue weighted by atomic mass is 10.0. The Bertz CT molecular complexity index is 793. The lowest BCUT2D eigenvalue weighted by Gasteiger charge is -2.37. The molecule has 0 aliphatic carbocycles. The van der Waals surface area contributed by atoms with Gasteiger partial charge in [0.1, 0.15) is 5.82 Å².